The molecule has 1 amide bonds. The van der Waals surface area contributed by atoms with Gasteiger partial charge in [0.1, 0.15) is 16.4 Å². The maximum atomic E-state index is 11.7. The number of benzene rings is 1. The Bertz CT molecular complexity index is 652. The Balaban J connectivity index is 1.92. The lowest BCUT2D eigenvalue weighted by Gasteiger charge is -2.07. The Morgan fingerprint density at radius 3 is 2.85 bits per heavy atom. The van der Waals surface area contributed by atoms with Crippen LogP contribution in [0, 0.1) is 11.3 Å². The van der Waals surface area contributed by atoms with E-state index in [1.54, 1.807) is 24.3 Å². The van der Waals surface area contributed by atoms with E-state index >= 15 is 0 Å². The molecule has 6 nitrogen and oxygen atoms in total. The molecule has 2 aromatic rings. The summed E-state index contributed by atoms with van der Waals surface area (Å²) in [5.41, 5.74) is 0.378. The van der Waals surface area contributed by atoms with Crippen molar-refractivity contribution < 1.29 is 9.53 Å². The Kier molecular flexibility index (Phi) is 4.63. The minimum absolute atomic E-state index is 0.212. The van der Waals surface area contributed by atoms with E-state index in [9.17, 15) is 4.79 Å². The molecule has 100 valence electrons. The lowest BCUT2D eigenvalue weighted by molar-refractivity contribution is -0.118. The third-order valence-corrected chi connectivity index (χ3v) is 2.66. The number of amides is 1. The van der Waals surface area contributed by atoms with E-state index in [4.69, 9.17) is 10.00 Å². The van der Waals surface area contributed by atoms with E-state index in [1.807, 2.05) is 6.07 Å². The maximum Gasteiger partial charge on any atom is 0.263 e. The summed E-state index contributed by atoms with van der Waals surface area (Å²) in [6, 6.07) is 8.70. The highest BCUT2D eigenvalue weighted by Crippen LogP contribution is 2.16. The Morgan fingerprint density at radius 1 is 1.35 bits per heavy atom. The average Bonchev–Trinajstić information content (AvgIpc) is 2.48. The third-order valence-electron chi connectivity index (χ3n) is 2.25. The zero-order valence-corrected chi connectivity index (χ0v) is 11.8. The molecule has 0 aliphatic carbocycles. The summed E-state index contributed by atoms with van der Waals surface area (Å²) in [6.07, 6.45) is 2.90. The summed E-state index contributed by atoms with van der Waals surface area (Å²) in [5, 5.41) is 11.4. The summed E-state index contributed by atoms with van der Waals surface area (Å²) in [6.45, 7) is -0.212. The average molecular weight is 333 g/mol. The van der Waals surface area contributed by atoms with Crippen LogP contribution >= 0.6 is 15.9 Å². The van der Waals surface area contributed by atoms with Crippen LogP contribution in [-0.4, -0.2) is 22.5 Å². The Labute approximate surface area is 123 Å². The standard InChI is InChI=1S/C13H9BrN4O2/c14-11-6-17-12(7-16-11)18-13(19)8-20-10-4-2-1-3-9(10)5-15/h1-4,6-7H,8H2,(H,17,18,19). The van der Waals surface area contributed by atoms with Gasteiger partial charge in [0.2, 0.25) is 0 Å². The normalized spacial score (nSPS) is 9.60. The van der Waals surface area contributed by atoms with Crippen LogP contribution in [0.1, 0.15) is 5.56 Å². The van der Waals surface area contributed by atoms with Gasteiger partial charge in [-0.2, -0.15) is 5.26 Å². The second-order valence-corrected chi connectivity index (χ2v) is 4.48. The van der Waals surface area contributed by atoms with Gasteiger partial charge >= 0.3 is 0 Å². The number of rotatable bonds is 4. The largest absolute Gasteiger partial charge is 0.482 e. The van der Waals surface area contributed by atoms with Gasteiger partial charge in [-0.1, -0.05) is 12.1 Å². The highest BCUT2D eigenvalue weighted by Gasteiger charge is 2.07. The van der Waals surface area contributed by atoms with Crippen molar-refractivity contribution in [2.75, 3.05) is 11.9 Å². The molecule has 0 saturated heterocycles. The maximum absolute atomic E-state index is 11.7. The molecular weight excluding hydrogens is 324 g/mol. The molecular formula is C13H9BrN4O2. The van der Waals surface area contributed by atoms with Gasteiger partial charge in [0, 0.05) is 0 Å². The first kappa shape index (κ1) is 14.0. The van der Waals surface area contributed by atoms with E-state index in [0.717, 1.165) is 0 Å². The fourth-order valence-corrected chi connectivity index (χ4v) is 1.59. The van der Waals surface area contributed by atoms with Crippen molar-refractivity contribution in [3.63, 3.8) is 0 Å². The topological polar surface area (TPSA) is 87.9 Å². The summed E-state index contributed by atoms with van der Waals surface area (Å²) in [5.74, 6) is 0.316. The quantitative estimate of drug-likeness (QED) is 0.926. The number of carbonyl (C=O) groups is 1. The summed E-state index contributed by atoms with van der Waals surface area (Å²) in [4.78, 5) is 19.6. The van der Waals surface area contributed by atoms with E-state index < -0.39 is 0 Å². The smallest absolute Gasteiger partial charge is 0.263 e. The van der Waals surface area contributed by atoms with E-state index in [1.165, 1.54) is 12.4 Å². The molecule has 1 aromatic carbocycles. The van der Waals surface area contributed by atoms with Crippen LogP contribution < -0.4 is 10.1 Å². The van der Waals surface area contributed by atoms with Gasteiger partial charge in [-0.15, -0.1) is 0 Å². The highest BCUT2D eigenvalue weighted by atomic mass is 79.9. The Hall–Kier alpha value is -2.46. The molecule has 0 aliphatic heterocycles. The van der Waals surface area contributed by atoms with Crippen molar-refractivity contribution in [3.05, 3.63) is 46.8 Å². The molecule has 20 heavy (non-hydrogen) atoms. The number of ether oxygens (including phenoxy) is 1. The number of carbonyl (C=O) groups excluding carboxylic acids is 1. The number of hydrogen-bond acceptors (Lipinski definition) is 5. The number of halogens is 1. The second-order valence-electron chi connectivity index (χ2n) is 3.67. The molecule has 0 atom stereocenters. The molecule has 1 heterocycles. The van der Waals surface area contributed by atoms with Crippen molar-refractivity contribution in [1.29, 1.82) is 5.26 Å². The zero-order valence-electron chi connectivity index (χ0n) is 10.2. The molecule has 2 rings (SSSR count). The van der Waals surface area contributed by atoms with Gasteiger partial charge in [-0.3, -0.25) is 4.79 Å². The highest BCUT2D eigenvalue weighted by molar-refractivity contribution is 9.10. The van der Waals surface area contributed by atoms with Crippen LogP contribution in [0.15, 0.2) is 41.3 Å². The number of nitriles is 1. The van der Waals surface area contributed by atoms with Gasteiger partial charge in [-0.25, -0.2) is 9.97 Å². The molecule has 0 spiro atoms. The number of aromatic nitrogens is 2. The lowest BCUT2D eigenvalue weighted by atomic mass is 10.2. The monoisotopic (exact) mass is 332 g/mol. The lowest BCUT2D eigenvalue weighted by Crippen LogP contribution is -2.21. The molecule has 0 aliphatic rings. The van der Waals surface area contributed by atoms with Crippen LogP contribution in [0.4, 0.5) is 5.82 Å². The van der Waals surface area contributed by atoms with Gasteiger partial charge in [0.05, 0.1) is 18.0 Å². The number of nitrogens with one attached hydrogen (secondary N) is 1. The van der Waals surface area contributed by atoms with Crippen LogP contribution in [0.2, 0.25) is 0 Å². The molecule has 0 bridgehead atoms. The Morgan fingerprint density at radius 2 is 2.15 bits per heavy atom. The van der Waals surface area contributed by atoms with Gasteiger partial charge in [0.15, 0.2) is 12.4 Å². The van der Waals surface area contributed by atoms with Crippen molar-refractivity contribution in [1.82, 2.24) is 9.97 Å². The van der Waals surface area contributed by atoms with Crippen molar-refractivity contribution >= 4 is 27.7 Å². The number of hydrogen-bond donors (Lipinski definition) is 1. The van der Waals surface area contributed by atoms with Crippen molar-refractivity contribution in [3.8, 4) is 11.8 Å². The molecule has 0 fully saturated rings. The summed E-state index contributed by atoms with van der Waals surface area (Å²) >= 11 is 3.15. The molecule has 0 saturated carbocycles. The van der Waals surface area contributed by atoms with Crippen LogP contribution in [0.25, 0.3) is 0 Å². The zero-order chi connectivity index (χ0) is 14.4. The van der Waals surface area contributed by atoms with Gasteiger partial charge in [-0.05, 0) is 28.1 Å². The number of nitrogens with zero attached hydrogens (tertiary/aromatic N) is 3. The fraction of sp³-hybridized carbons (Fsp3) is 0.0769. The molecule has 1 aromatic heterocycles. The van der Waals surface area contributed by atoms with E-state index in [-0.39, 0.29) is 12.5 Å². The molecule has 0 unspecified atom stereocenters. The molecule has 1 N–H and O–H groups in total. The van der Waals surface area contributed by atoms with E-state index in [0.29, 0.717) is 21.7 Å². The summed E-state index contributed by atoms with van der Waals surface area (Å²) < 4.78 is 5.87. The second kappa shape index (κ2) is 6.63. The van der Waals surface area contributed by atoms with Gasteiger partial charge < -0.3 is 10.1 Å². The minimum Gasteiger partial charge on any atom is -0.482 e. The van der Waals surface area contributed by atoms with Crippen LogP contribution in [-0.2, 0) is 4.79 Å². The molecule has 0 radical (unpaired) electrons. The first-order chi connectivity index (χ1) is 9.69. The number of para-hydroxylation sites is 1. The van der Waals surface area contributed by atoms with Crippen LogP contribution in [0.3, 0.4) is 0 Å². The van der Waals surface area contributed by atoms with E-state index in [2.05, 4.69) is 31.2 Å². The minimum atomic E-state index is -0.380. The molecule has 7 heteroatoms. The SMILES string of the molecule is N#Cc1ccccc1OCC(=O)Nc1cnc(Br)cn1. The third kappa shape index (κ3) is 3.76. The first-order valence-corrected chi connectivity index (χ1v) is 6.37. The predicted molar refractivity (Wildman–Crippen MR) is 75.0 cm³/mol. The summed E-state index contributed by atoms with van der Waals surface area (Å²) in [7, 11) is 0. The predicted octanol–water partition coefficient (Wildman–Crippen LogP) is 2.13. The first-order valence-electron chi connectivity index (χ1n) is 5.58. The van der Waals surface area contributed by atoms with Crippen LogP contribution in [0.5, 0.6) is 5.75 Å². The number of anilines is 1. The fourth-order valence-electron chi connectivity index (χ4n) is 1.38. The van der Waals surface area contributed by atoms with Gasteiger partial charge in [0.25, 0.3) is 5.91 Å². The van der Waals surface area contributed by atoms with Crippen molar-refractivity contribution in [2.24, 2.45) is 0 Å². The van der Waals surface area contributed by atoms with Crippen molar-refractivity contribution in [2.45, 2.75) is 0 Å².